The van der Waals surface area contributed by atoms with Gasteiger partial charge in [-0.1, -0.05) is 6.07 Å². The van der Waals surface area contributed by atoms with Gasteiger partial charge >= 0.3 is 0 Å². The van der Waals surface area contributed by atoms with Crippen LogP contribution in [0.5, 0.6) is 0 Å². The van der Waals surface area contributed by atoms with Gasteiger partial charge in [-0.25, -0.2) is 4.98 Å². The second-order valence-corrected chi connectivity index (χ2v) is 8.14. The lowest BCUT2D eigenvalue weighted by molar-refractivity contribution is -0.131. The standard InChI is InChI=1S/C23H25N5O4/c1-13-18(32-17-6-4-5-15(24)20(13)17)11-28(3)19(29)8-7-14-9-16-21(25-10-14)27-22(30)23(2,31)12-26-16/h4-10,26,31H,11-12,24H2,1-3H3,(H,25,27,30)/b8-7+. The van der Waals surface area contributed by atoms with Crippen LogP contribution in [0.25, 0.3) is 17.0 Å². The van der Waals surface area contributed by atoms with E-state index in [1.54, 1.807) is 24.1 Å². The number of aromatic nitrogens is 1. The van der Waals surface area contributed by atoms with Crippen LogP contribution in [0.1, 0.15) is 23.8 Å². The lowest BCUT2D eigenvalue weighted by atomic mass is 10.1. The molecular weight excluding hydrogens is 410 g/mol. The van der Waals surface area contributed by atoms with E-state index in [0.717, 1.165) is 10.9 Å². The van der Waals surface area contributed by atoms with Gasteiger partial charge in [0.05, 0.1) is 18.8 Å². The first-order valence-corrected chi connectivity index (χ1v) is 10.1. The molecule has 0 bridgehead atoms. The molecule has 0 aliphatic carbocycles. The van der Waals surface area contributed by atoms with Crippen molar-refractivity contribution in [1.29, 1.82) is 0 Å². The van der Waals surface area contributed by atoms with E-state index in [4.69, 9.17) is 10.2 Å². The topological polar surface area (TPSA) is 134 Å². The molecule has 0 saturated carbocycles. The Morgan fingerprint density at radius 2 is 2.22 bits per heavy atom. The summed E-state index contributed by atoms with van der Waals surface area (Å²) in [7, 11) is 1.69. The quantitative estimate of drug-likeness (QED) is 0.365. The van der Waals surface area contributed by atoms with Crippen LogP contribution in [-0.4, -0.2) is 46.0 Å². The van der Waals surface area contributed by atoms with E-state index in [-0.39, 0.29) is 12.5 Å². The number of pyridine rings is 1. The number of aryl methyl sites for hydroxylation is 1. The Balaban J connectivity index is 1.47. The highest BCUT2D eigenvalue weighted by Crippen LogP contribution is 2.30. The number of β-amino-alcohol motifs (C(OH)–C–C–N with tert-alkyl or cyclic N) is 1. The van der Waals surface area contributed by atoms with Gasteiger partial charge in [0.1, 0.15) is 11.3 Å². The second kappa shape index (κ2) is 8.01. The fourth-order valence-electron chi connectivity index (χ4n) is 3.52. The van der Waals surface area contributed by atoms with Gasteiger partial charge in [0.15, 0.2) is 11.4 Å². The summed E-state index contributed by atoms with van der Waals surface area (Å²) in [6.45, 7) is 3.70. The Bertz CT molecular complexity index is 1240. The van der Waals surface area contributed by atoms with E-state index in [1.807, 2.05) is 25.1 Å². The van der Waals surface area contributed by atoms with Crippen molar-refractivity contribution in [2.24, 2.45) is 0 Å². The van der Waals surface area contributed by atoms with Crippen molar-refractivity contribution in [3.63, 3.8) is 0 Å². The fraction of sp³-hybridized carbons (Fsp3) is 0.261. The number of nitrogens with one attached hydrogen (secondary N) is 2. The summed E-state index contributed by atoms with van der Waals surface area (Å²) < 4.78 is 5.89. The van der Waals surface area contributed by atoms with Crippen molar-refractivity contribution in [1.82, 2.24) is 9.88 Å². The van der Waals surface area contributed by atoms with E-state index < -0.39 is 11.5 Å². The highest BCUT2D eigenvalue weighted by molar-refractivity contribution is 6.00. The maximum Gasteiger partial charge on any atom is 0.259 e. The number of rotatable bonds is 4. The molecule has 2 amide bonds. The molecule has 1 aliphatic rings. The Labute approximate surface area is 184 Å². The van der Waals surface area contributed by atoms with E-state index in [2.05, 4.69) is 15.6 Å². The minimum Gasteiger partial charge on any atom is -0.459 e. The molecule has 3 aromatic rings. The molecule has 1 aliphatic heterocycles. The predicted octanol–water partition coefficient (Wildman–Crippen LogP) is 2.51. The number of amides is 2. The number of nitrogens with zero attached hydrogens (tertiary/aromatic N) is 2. The highest BCUT2D eigenvalue weighted by Gasteiger charge is 2.33. The van der Waals surface area contributed by atoms with Crippen molar-refractivity contribution in [3.05, 3.63) is 53.4 Å². The van der Waals surface area contributed by atoms with Crippen LogP contribution in [0.2, 0.25) is 0 Å². The molecule has 0 radical (unpaired) electrons. The van der Waals surface area contributed by atoms with Crippen LogP contribution >= 0.6 is 0 Å². The molecule has 3 heterocycles. The number of aliphatic hydroxyl groups is 1. The number of hydrogen-bond acceptors (Lipinski definition) is 7. The van der Waals surface area contributed by atoms with Crippen LogP contribution in [0.3, 0.4) is 0 Å². The lowest BCUT2D eigenvalue weighted by Crippen LogP contribution is -2.43. The molecule has 1 atom stereocenters. The van der Waals surface area contributed by atoms with Crippen LogP contribution in [-0.2, 0) is 16.1 Å². The smallest absolute Gasteiger partial charge is 0.259 e. The van der Waals surface area contributed by atoms with Gasteiger partial charge in [0.25, 0.3) is 5.91 Å². The summed E-state index contributed by atoms with van der Waals surface area (Å²) in [5.41, 5.74) is 8.00. The van der Waals surface area contributed by atoms with Gasteiger partial charge in [-0.05, 0) is 43.7 Å². The van der Waals surface area contributed by atoms with E-state index in [1.165, 1.54) is 19.2 Å². The van der Waals surface area contributed by atoms with Crippen LogP contribution in [0.4, 0.5) is 17.2 Å². The Hall–Kier alpha value is -3.85. The molecule has 4 rings (SSSR count). The molecule has 5 N–H and O–H groups in total. The number of nitrogen functional groups attached to an aromatic ring is 1. The number of likely N-dealkylation sites (N-methyl/N-ethyl adjacent to an activating group) is 1. The summed E-state index contributed by atoms with van der Waals surface area (Å²) in [5.74, 6) is 0.268. The molecule has 9 nitrogen and oxygen atoms in total. The van der Waals surface area contributed by atoms with Crippen molar-refractivity contribution in [3.8, 4) is 0 Å². The summed E-state index contributed by atoms with van der Waals surface area (Å²) >= 11 is 0. The van der Waals surface area contributed by atoms with E-state index >= 15 is 0 Å². The summed E-state index contributed by atoms with van der Waals surface area (Å²) in [6.07, 6.45) is 4.63. The molecule has 166 valence electrons. The SMILES string of the molecule is Cc1c(CN(C)C(=O)/C=C/c2cnc3c(c2)NCC(C)(O)C(=O)N3)oc2cccc(N)c12. The zero-order chi connectivity index (χ0) is 23.0. The molecule has 0 saturated heterocycles. The van der Waals surface area contributed by atoms with Gasteiger partial charge in [0, 0.05) is 36.0 Å². The molecule has 9 heteroatoms. The van der Waals surface area contributed by atoms with Gasteiger partial charge in [-0.2, -0.15) is 0 Å². The maximum atomic E-state index is 12.6. The third-order valence-corrected chi connectivity index (χ3v) is 5.51. The third-order valence-electron chi connectivity index (χ3n) is 5.51. The summed E-state index contributed by atoms with van der Waals surface area (Å²) in [6, 6.07) is 7.26. The number of carbonyl (C=O) groups excluding carboxylic acids is 2. The first-order chi connectivity index (χ1) is 15.2. The Morgan fingerprint density at radius 1 is 1.44 bits per heavy atom. The molecular formula is C23H25N5O4. The monoisotopic (exact) mass is 435 g/mol. The largest absolute Gasteiger partial charge is 0.459 e. The minimum atomic E-state index is -1.55. The third kappa shape index (κ3) is 4.02. The molecule has 0 fully saturated rings. The molecule has 32 heavy (non-hydrogen) atoms. The number of benzene rings is 1. The zero-order valence-corrected chi connectivity index (χ0v) is 18.1. The van der Waals surface area contributed by atoms with Gasteiger partial charge in [0.2, 0.25) is 5.91 Å². The van der Waals surface area contributed by atoms with E-state index in [9.17, 15) is 14.7 Å². The van der Waals surface area contributed by atoms with Crippen LogP contribution in [0, 0.1) is 6.92 Å². The van der Waals surface area contributed by atoms with Crippen molar-refractivity contribution in [2.45, 2.75) is 26.0 Å². The molecule has 0 spiro atoms. The average Bonchev–Trinajstić information content (AvgIpc) is 3.01. The Morgan fingerprint density at radius 3 is 2.97 bits per heavy atom. The Kier molecular flexibility index (Phi) is 5.35. The van der Waals surface area contributed by atoms with Gasteiger partial charge in [-0.3, -0.25) is 9.59 Å². The maximum absolute atomic E-state index is 12.6. The summed E-state index contributed by atoms with van der Waals surface area (Å²) in [4.78, 5) is 30.4. The number of furan rings is 1. The van der Waals surface area contributed by atoms with Crippen molar-refractivity contribution < 1.29 is 19.1 Å². The van der Waals surface area contributed by atoms with Crippen LogP contribution in [0.15, 0.2) is 41.0 Å². The van der Waals surface area contributed by atoms with E-state index in [0.29, 0.717) is 40.6 Å². The van der Waals surface area contributed by atoms with Gasteiger partial charge < -0.3 is 30.8 Å². The highest BCUT2D eigenvalue weighted by atomic mass is 16.3. The number of anilines is 3. The number of carbonyl (C=O) groups is 2. The molecule has 2 aromatic heterocycles. The minimum absolute atomic E-state index is 0.0454. The first-order valence-electron chi connectivity index (χ1n) is 10.1. The van der Waals surface area contributed by atoms with Crippen LogP contribution < -0.4 is 16.4 Å². The van der Waals surface area contributed by atoms with Crippen molar-refractivity contribution in [2.75, 3.05) is 30.0 Å². The normalized spacial score (nSPS) is 18.2. The number of nitrogens with two attached hydrogens (primary N) is 1. The number of hydrogen-bond donors (Lipinski definition) is 4. The average molecular weight is 435 g/mol. The summed E-state index contributed by atoms with van der Waals surface area (Å²) in [5, 5.41) is 16.6. The second-order valence-electron chi connectivity index (χ2n) is 8.14. The number of fused-ring (bicyclic) bond motifs is 2. The van der Waals surface area contributed by atoms with Crippen molar-refractivity contribution >= 4 is 46.1 Å². The van der Waals surface area contributed by atoms with Gasteiger partial charge in [-0.15, -0.1) is 0 Å². The first kappa shape index (κ1) is 21.4. The fourth-order valence-corrected chi connectivity index (χ4v) is 3.52. The lowest BCUT2D eigenvalue weighted by Gasteiger charge is -2.18. The molecule has 1 aromatic carbocycles. The molecule has 1 unspecified atom stereocenters. The predicted molar refractivity (Wildman–Crippen MR) is 123 cm³/mol. The zero-order valence-electron chi connectivity index (χ0n) is 18.1.